The second kappa shape index (κ2) is 10.6. The lowest BCUT2D eigenvalue weighted by molar-refractivity contribution is -0.138. The van der Waals surface area contributed by atoms with Gasteiger partial charge in [0.25, 0.3) is 0 Å². The molecule has 3 rings (SSSR count). The number of aromatic hydroxyl groups is 1. The van der Waals surface area contributed by atoms with Crippen molar-refractivity contribution in [2.75, 3.05) is 11.9 Å². The van der Waals surface area contributed by atoms with Gasteiger partial charge < -0.3 is 19.5 Å². The molecular weight excluding hydrogens is 495 g/mol. The Morgan fingerprint density at radius 1 is 1.03 bits per heavy atom. The van der Waals surface area contributed by atoms with E-state index in [0.29, 0.717) is 17.5 Å². The summed E-state index contributed by atoms with van der Waals surface area (Å²) in [5.41, 5.74) is -2.27. The Kier molecular flexibility index (Phi) is 7.98. The molecule has 0 fully saturated rings. The molecule has 0 saturated heterocycles. The molecule has 0 bridgehead atoms. The number of hydrogen-bond acceptors (Lipinski definition) is 6. The number of alkyl halides is 3. The zero-order valence-corrected chi connectivity index (χ0v) is 21.0. The van der Waals surface area contributed by atoms with Gasteiger partial charge in [0.2, 0.25) is 5.91 Å². The number of hydrogen-bond donors (Lipinski definition) is 1. The van der Waals surface area contributed by atoms with Gasteiger partial charge in [0.05, 0.1) is 12.0 Å². The first-order valence-electron chi connectivity index (χ1n) is 10.9. The van der Waals surface area contributed by atoms with Crippen LogP contribution in [0.5, 0.6) is 11.5 Å². The van der Waals surface area contributed by atoms with Crippen LogP contribution in [-0.4, -0.2) is 29.6 Å². The molecule has 10 heteroatoms. The second-order valence-electron chi connectivity index (χ2n) is 8.99. The third-order valence-corrected chi connectivity index (χ3v) is 5.95. The Bertz CT molecular complexity index is 1220. The number of phenols is 1. The molecule has 1 N–H and O–H groups in total. The maximum atomic E-state index is 13.3. The highest BCUT2D eigenvalue weighted by atomic mass is 32.1. The van der Waals surface area contributed by atoms with Crippen LogP contribution in [-0.2, 0) is 28.7 Å². The number of benzene rings is 2. The zero-order valence-electron chi connectivity index (χ0n) is 20.2. The molecule has 1 aromatic heterocycles. The molecule has 0 saturated carbocycles. The van der Waals surface area contributed by atoms with Crippen LogP contribution in [0.25, 0.3) is 0 Å². The summed E-state index contributed by atoms with van der Waals surface area (Å²) in [6.45, 7) is 4.40. The lowest BCUT2D eigenvalue weighted by Crippen LogP contribution is -2.27. The van der Waals surface area contributed by atoms with E-state index in [0.717, 1.165) is 10.9 Å². The molecule has 0 spiro atoms. The number of anilines is 1. The third-order valence-electron chi connectivity index (χ3n) is 5.07. The molecule has 0 radical (unpaired) electrons. The Balaban J connectivity index is 1.77. The van der Waals surface area contributed by atoms with Crippen molar-refractivity contribution in [1.82, 2.24) is 0 Å². The molecule has 0 unspecified atom stereocenters. The van der Waals surface area contributed by atoms with Crippen molar-refractivity contribution < 1.29 is 37.3 Å². The predicted molar refractivity (Wildman–Crippen MR) is 130 cm³/mol. The highest BCUT2D eigenvalue weighted by molar-refractivity contribution is 7.10. The number of esters is 1. The number of halogens is 3. The Hall–Kier alpha value is -3.53. The fourth-order valence-electron chi connectivity index (χ4n) is 3.29. The van der Waals surface area contributed by atoms with Crippen LogP contribution in [0.3, 0.4) is 0 Å². The molecule has 192 valence electrons. The van der Waals surface area contributed by atoms with Crippen LogP contribution in [0.2, 0.25) is 0 Å². The quantitative estimate of drug-likeness (QED) is 0.374. The number of carbonyl (C=O) groups excluding carboxylic acids is 2. The summed E-state index contributed by atoms with van der Waals surface area (Å²) in [5.74, 6) is -2.04. The van der Waals surface area contributed by atoms with Gasteiger partial charge in [-0.2, -0.15) is 13.2 Å². The molecule has 0 atom stereocenters. The molecular formula is C26H26F3NO5S. The maximum Gasteiger partial charge on any atom is 0.419 e. The van der Waals surface area contributed by atoms with Gasteiger partial charge in [0.1, 0.15) is 29.3 Å². The predicted octanol–water partition coefficient (Wildman–Crippen LogP) is 6.21. The molecule has 6 nitrogen and oxygen atoms in total. The maximum absolute atomic E-state index is 13.3. The van der Waals surface area contributed by atoms with Crippen LogP contribution in [0.15, 0.2) is 53.9 Å². The molecule has 36 heavy (non-hydrogen) atoms. The van der Waals surface area contributed by atoms with Crippen LogP contribution < -0.4 is 9.64 Å². The van der Waals surface area contributed by atoms with Gasteiger partial charge in [-0.25, -0.2) is 4.79 Å². The molecule has 0 aliphatic rings. The van der Waals surface area contributed by atoms with Crippen LogP contribution in [0.1, 0.15) is 47.1 Å². The number of thiophene rings is 1. The Morgan fingerprint density at radius 2 is 1.69 bits per heavy atom. The van der Waals surface area contributed by atoms with Crippen LogP contribution >= 0.6 is 11.3 Å². The third kappa shape index (κ3) is 6.78. The minimum atomic E-state index is -4.86. The fraction of sp³-hybridized carbons (Fsp3) is 0.308. The van der Waals surface area contributed by atoms with Crippen molar-refractivity contribution >= 4 is 28.9 Å². The Morgan fingerprint density at radius 3 is 2.25 bits per heavy atom. The second-order valence-corrected chi connectivity index (χ2v) is 10.0. The van der Waals surface area contributed by atoms with E-state index in [1.165, 1.54) is 16.2 Å². The summed E-state index contributed by atoms with van der Waals surface area (Å²) in [6, 6.07) is 12.1. The van der Waals surface area contributed by atoms with Crippen molar-refractivity contribution in [3.8, 4) is 11.5 Å². The molecule has 0 aliphatic carbocycles. The highest BCUT2D eigenvalue weighted by Crippen LogP contribution is 2.39. The molecule has 0 aliphatic heterocycles. The first kappa shape index (κ1) is 27.1. The lowest BCUT2D eigenvalue weighted by atomic mass is 10.0. The number of ether oxygens (including phenoxy) is 2. The smallest absolute Gasteiger partial charge is 0.419 e. The van der Waals surface area contributed by atoms with Crippen molar-refractivity contribution in [3.63, 3.8) is 0 Å². The lowest BCUT2D eigenvalue weighted by Gasteiger charge is -2.22. The summed E-state index contributed by atoms with van der Waals surface area (Å²) >= 11 is 1.50. The minimum Gasteiger partial charge on any atom is -0.506 e. The number of phenolic OH excluding ortho intramolecular Hbond substituents is 1. The van der Waals surface area contributed by atoms with E-state index in [4.69, 9.17) is 9.47 Å². The number of amides is 1. The average Bonchev–Trinajstić information content (AvgIpc) is 3.28. The Labute approximate surface area is 210 Å². The van der Waals surface area contributed by atoms with Crippen molar-refractivity contribution in [2.45, 2.75) is 45.6 Å². The summed E-state index contributed by atoms with van der Waals surface area (Å²) in [7, 11) is 1.66. The van der Waals surface area contributed by atoms with Gasteiger partial charge >= 0.3 is 12.1 Å². The van der Waals surface area contributed by atoms with E-state index in [1.54, 1.807) is 52.1 Å². The SMILES string of the molecule is CN(C(=O)Cc1cccs1)c1ccc(OCc2ccc(C(F)(F)F)c(O)c2C(=O)OC(C)(C)C)cc1. The molecule has 1 heterocycles. The average molecular weight is 522 g/mol. The monoisotopic (exact) mass is 521 g/mol. The standard InChI is InChI=1S/C26H26F3NO5S/c1-25(2,3)35-24(33)22-16(7-12-20(23(22)32)26(27,28)29)15-34-18-10-8-17(9-11-18)30(4)21(31)14-19-6-5-13-36-19/h5-13,32H,14-15H2,1-4H3. The summed E-state index contributed by atoms with van der Waals surface area (Å²) in [5, 5.41) is 12.2. The van der Waals surface area contributed by atoms with Gasteiger partial charge in [-0.3, -0.25) is 4.79 Å². The molecule has 3 aromatic rings. The van der Waals surface area contributed by atoms with E-state index in [-0.39, 0.29) is 24.5 Å². The van der Waals surface area contributed by atoms with Crippen LogP contribution in [0, 0.1) is 0 Å². The topological polar surface area (TPSA) is 76.1 Å². The molecule has 1 amide bonds. The van der Waals surface area contributed by atoms with E-state index in [1.807, 2.05) is 17.5 Å². The first-order valence-corrected chi connectivity index (χ1v) is 11.8. The first-order chi connectivity index (χ1) is 16.8. The largest absolute Gasteiger partial charge is 0.506 e. The number of likely N-dealkylation sites (N-methyl/N-ethyl adjacent to an activating group) is 1. The normalized spacial score (nSPS) is 11.8. The van der Waals surface area contributed by atoms with Gasteiger partial charge in [0.15, 0.2) is 0 Å². The molecule has 2 aromatic carbocycles. The van der Waals surface area contributed by atoms with Gasteiger partial charge in [0, 0.05) is 23.2 Å². The minimum absolute atomic E-state index is 0.0297. The number of carbonyl (C=O) groups is 2. The van der Waals surface area contributed by atoms with Crippen molar-refractivity contribution in [2.24, 2.45) is 0 Å². The summed E-state index contributed by atoms with van der Waals surface area (Å²) in [4.78, 5) is 27.6. The zero-order chi connectivity index (χ0) is 26.7. The summed E-state index contributed by atoms with van der Waals surface area (Å²) < 4.78 is 50.8. The fourth-order valence-corrected chi connectivity index (χ4v) is 3.99. The van der Waals surface area contributed by atoms with Gasteiger partial charge in [-0.1, -0.05) is 12.1 Å². The van der Waals surface area contributed by atoms with Crippen molar-refractivity contribution in [3.05, 3.63) is 75.5 Å². The van der Waals surface area contributed by atoms with Crippen LogP contribution in [0.4, 0.5) is 18.9 Å². The van der Waals surface area contributed by atoms with E-state index in [2.05, 4.69) is 0 Å². The summed E-state index contributed by atoms with van der Waals surface area (Å²) in [6.07, 6.45) is -4.58. The number of nitrogens with zero attached hydrogens (tertiary/aromatic N) is 1. The number of rotatable bonds is 7. The highest BCUT2D eigenvalue weighted by Gasteiger charge is 2.37. The van der Waals surface area contributed by atoms with E-state index in [9.17, 15) is 27.9 Å². The van der Waals surface area contributed by atoms with Gasteiger partial charge in [-0.05, 0) is 62.5 Å². The van der Waals surface area contributed by atoms with E-state index >= 15 is 0 Å². The van der Waals surface area contributed by atoms with E-state index < -0.39 is 34.6 Å². The van der Waals surface area contributed by atoms with Crippen molar-refractivity contribution in [1.29, 1.82) is 0 Å². The van der Waals surface area contributed by atoms with Gasteiger partial charge in [-0.15, -0.1) is 11.3 Å².